The molecule has 0 saturated heterocycles. The van der Waals surface area contributed by atoms with Crippen molar-refractivity contribution >= 4 is 0 Å². The summed E-state index contributed by atoms with van der Waals surface area (Å²) in [7, 11) is 0. The van der Waals surface area contributed by atoms with E-state index in [0.29, 0.717) is 0 Å². The molecule has 0 N–H and O–H groups in total. The van der Waals surface area contributed by atoms with Gasteiger partial charge in [-0.05, 0) is 12.8 Å². The average Bonchev–Trinajstić information content (AvgIpc) is 2.49. The smallest absolute Gasteiger partial charge is 0.0960 e. The molecule has 0 radical (unpaired) electrons. The van der Waals surface area contributed by atoms with Crippen molar-refractivity contribution in [2.75, 3.05) is 0 Å². The summed E-state index contributed by atoms with van der Waals surface area (Å²) in [4.78, 5) is 0. The number of rotatable bonds is 17. The molecule has 0 aromatic carbocycles. The maximum Gasteiger partial charge on any atom is 0.0960 e. The number of hydrogen-bond donors (Lipinski definition) is 0. The van der Waals surface area contributed by atoms with Crippen molar-refractivity contribution in [1.29, 1.82) is 0 Å². The molecule has 0 atom stereocenters. The Morgan fingerprint density at radius 2 is 0.818 bits per heavy atom. The lowest BCUT2D eigenvalue weighted by Crippen LogP contribution is -1.86. The van der Waals surface area contributed by atoms with Crippen LogP contribution in [0, 0.1) is 0 Å². The zero-order valence-corrected chi connectivity index (χ0v) is 14.3. The van der Waals surface area contributed by atoms with Gasteiger partial charge in [0.25, 0.3) is 0 Å². The molecule has 0 bridgehead atoms. The monoisotopic (exact) mass is 306 g/mol. The second kappa shape index (κ2) is 15.9. The van der Waals surface area contributed by atoms with E-state index in [4.69, 9.17) is 9.47 Å². The highest BCUT2D eigenvalue weighted by molar-refractivity contribution is 4.84. The van der Waals surface area contributed by atoms with Crippen molar-refractivity contribution in [1.82, 2.24) is 0 Å². The lowest BCUT2D eigenvalue weighted by molar-refractivity contribution is 0.331. The normalized spacial score (nSPS) is 10.0. The van der Waals surface area contributed by atoms with E-state index in [1.54, 1.807) is 0 Å². The van der Waals surface area contributed by atoms with Crippen molar-refractivity contribution in [3.8, 4) is 0 Å². The molecule has 0 rings (SSSR count). The summed E-state index contributed by atoms with van der Waals surface area (Å²) in [6.07, 6.45) is 17.7. The van der Waals surface area contributed by atoms with Crippen molar-refractivity contribution in [3.05, 3.63) is 50.4 Å². The Hall–Kier alpha value is -1.44. The molecule has 0 saturated carbocycles. The van der Waals surface area contributed by atoms with Gasteiger partial charge in [0.1, 0.15) is 0 Å². The van der Waals surface area contributed by atoms with E-state index in [0.717, 1.165) is 24.4 Å². The second-order valence-corrected chi connectivity index (χ2v) is 5.68. The molecular formula is C20H34O2. The molecule has 0 aromatic heterocycles. The summed E-state index contributed by atoms with van der Waals surface area (Å²) in [5.74, 6) is 1.66. The Kier molecular flexibility index (Phi) is 14.9. The minimum atomic E-state index is 0.830. The predicted octanol–water partition coefficient (Wildman–Crippen LogP) is 7.02. The van der Waals surface area contributed by atoms with E-state index in [1.807, 2.05) is 0 Å². The van der Waals surface area contributed by atoms with Crippen molar-refractivity contribution in [2.45, 2.75) is 77.0 Å². The Bertz CT molecular complexity index is 286. The molecule has 0 aliphatic rings. The van der Waals surface area contributed by atoms with Crippen LogP contribution in [0.3, 0.4) is 0 Å². The maximum absolute atomic E-state index is 5.11. The topological polar surface area (TPSA) is 18.5 Å². The van der Waals surface area contributed by atoms with Gasteiger partial charge in [-0.2, -0.15) is 0 Å². The fourth-order valence-corrected chi connectivity index (χ4v) is 2.41. The fourth-order valence-electron chi connectivity index (χ4n) is 2.41. The zero-order valence-electron chi connectivity index (χ0n) is 14.3. The maximum atomic E-state index is 5.11. The Morgan fingerprint density at radius 1 is 0.545 bits per heavy atom. The number of hydrogen-bond acceptors (Lipinski definition) is 2. The van der Waals surface area contributed by atoms with Crippen LogP contribution >= 0.6 is 0 Å². The fraction of sp³-hybridized carbons (Fsp3) is 0.600. The molecule has 2 nitrogen and oxygen atoms in total. The van der Waals surface area contributed by atoms with Crippen molar-refractivity contribution < 1.29 is 9.47 Å². The van der Waals surface area contributed by atoms with E-state index in [-0.39, 0.29) is 0 Å². The second-order valence-electron chi connectivity index (χ2n) is 5.68. The van der Waals surface area contributed by atoms with Gasteiger partial charge in [0.05, 0.1) is 24.0 Å². The molecule has 0 heterocycles. The molecule has 126 valence electrons. The Morgan fingerprint density at radius 3 is 1.09 bits per heavy atom. The van der Waals surface area contributed by atoms with Crippen LogP contribution in [-0.2, 0) is 9.47 Å². The lowest BCUT2D eigenvalue weighted by Gasteiger charge is -2.05. The molecule has 0 aliphatic heterocycles. The zero-order chi connectivity index (χ0) is 16.5. The van der Waals surface area contributed by atoms with E-state index < -0.39 is 0 Å². The van der Waals surface area contributed by atoms with Crippen LogP contribution in [0.4, 0.5) is 0 Å². The lowest BCUT2D eigenvalue weighted by atomic mass is 10.0. The first-order valence-electron chi connectivity index (χ1n) is 8.61. The van der Waals surface area contributed by atoms with Gasteiger partial charge in [-0.25, -0.2) is 0 Å². The van der Waals surface area contributed by atoms with Gasteiger partial charge in [0, 0.05) is 12.8 Å². The Labute approximate surface area is 137 Å². The Balaban J connectivity index is 3.14. The SMILES string of the molecule is C=COC(=C)CCCCCCCCCCCCC(=C)OC=C. The minimum absolute atomic E-state index is 0.830. The van der Waals surface area contributed by atoms with Crippen LogP contribution in [0.15, 0.2) is 50.4 Å². The quantitative estimate of drug-likeness (QED) is 0.212. The van der Waals surface area contributed by atoms with Crippen LogP contribution in [0.2, 0.25) is 0 Å². The van der Waals surface area contributed by atoms with Gasteiger partial charge in [-0.1, -0.05) is 77.7 Å². The molecule has 22 heavy (non-hydrogen) atoms. The summed E-state index contributed by atoms with van der Waals surface area (Å²) < 4.78 is 10.2. The first-order valence-corrected chi connectivity index (χ1v) is 8.61. The highest BCUT2D eigenvalue weighted by Crippen LogP contribution is 2.15. The van der Waals surface area contributed by atoms with Crippen LogP contribution in [0.25, 0.3) is 0 Å². The molecule has 0 fully saturated rings. The highest BCUT2D eigenvalue weighted by atomic mass is 16.5. The van der Waals surface area contributed by atoms with Gasteiger partial charge in [-0.3, -0.25) is 0 Å². The number of allylic oxidation sites excluding steroid dienone is 2. The van der Waals surface area contributed by atoms with E-state index in [9.17, 15) is 0 Å². The van der Waals surface area contributed by atoms with Crippen LogP contribution in [0.5, 0.6) is 0 Å². The van der Waals surface area contributed by atoms with Gasteiger partial charge >= 0.3 is 0 Å². The van der Waals surface area contributed by atoms with Gasteiger partial charge in [0.2, 0.25) is 0 Å². The molecule has 0 aliphatic carbocycles. The summed E-state index contributed by atoms with van der Waals surface area (Å²) in [5.41, 5.74) is 0. The van der Waals surface area contributed by atoms with E-state index in [1.165, 1.54) is 76.7 Å². The summed E-state index contributed by atoms with van der Waals surface area (Å²) in [6.45, 7) is 14.7. The minimum Gasteiger partial charge on any atom is -0.471 e. The third-order valence-electron chi connectivity index (χ3n) is 3.66. The summed E-state index contributed by atoms with van der Waals surface area (Å²) in [6, 6.07) is 0. The number of ether oxygens (including phenoxy) is 2. The summed E-state index contributed by atoms with van der Waals surface area (Å²) >= 11 is 0. The van der Waals surface area contributed by atoms with Crippen LogP contribution in [-0.4, -0.2) is 0 Å². The predicted molar refractivity (Wildman–Crippen MR) is 96.2 cm³/mol. The van der Waals surface area contributed by atoms with Gasteiger partial charge in [-0.15, -0.1) is 0 Å². The van der Waals surface area contributed by atoms with E-state index >= 15 is 0 Å². The molecule has 2 heteroatoms. The molecule has 0 spiro atoms. The summed E-state index contributed by atoms with van der Waals surface area (Å²) in [5, 5.41) is 0. The molecule has 0 aromatic rings. The first-order chi connectivity index (χ1) is 10.7. The van der Waals surface area contributed by atoms with Crippen LogP contribution in [0.1, 0.15) is 77.0 Å². The molecule has 0 amide bonds. The van der Waals surface area contributed by atoms with Gasteiger partial charge < -0.3 is 9.47 Å². The number of unbranched alkanes of at least 4 members (excludes halogenated alkanes) is 9. The molecular weight excluding hydrogens is 272 g/mol. The molecule has 0 unspecified atom stereocenters. The van der Waals surface area contributed by atoms with Crippen molar-refractivity contribution in [2.24, 2.45) is 0 Å². The van der Waals surface area contributed by atoms with Crippen LogP contribution < -0.4 is 0 Å². The third-order valence-corrected chi connectivity index (χ3v) is 3.66. The largest absolute Gasteiger partial charge is 0.471 e. The van der Waals surface area contributed by atoms with Crippen molar-refractivity contribution in [3.63, 3.8) is 0 Å². The first kappa shape index (κ1) is 20.6. The average molecular weight is 306 g/mol. The standard InChI is InChI=1S/C20H34O2/c1-5-21-19(3)17-15-13-11-9-7-8-10-12-14-16-18-20(4)22-6-2/h5-6H,1-4,7-18H2. The van der Waals surface area contributed by atoms with Gasteiger partial charge in [0.15, 0.2) is 0 Å². The third kappa shape index (κ3) is 15.0. The highest BCUT2D eigenvalue weighted by Gasteiger charge is 1.97. The van der Waals surface area contributed by atoms with E-state index in [2.05, 4.69) is 26.3 Å².